The molecule has 0 aliphatic heterocycles. The second kappa shape index (κ2) is 12.9. The zero-order chi connectivity index (χ0) is 30.5. The summed E-state index contributed by atoms with van der Waals surface area (Å²) >= 11 is 6.59. The molecule has 0 radical (unpaired) electrons. The lowest BCUT2D eigenvalue weighted by atomic mass is 10.0. The Morgan fingerprint density at radius 2 is 1.37 bits per heavy atom. The van der Waals surface area contributed by atoms with Crippen molar-refractivity contribution in [2.24, 2.45) is 5.92 Å². The molecule has 0 fully saturated rings. The molecule has 10 heteroatoms. The lowest BCUT2D eigenvalue weighted by molar-refractivity contribution is -0.000251. The Morgan fingerprint density at radius 3 is 1.88 bits per heavy atom. The van der Waals surface area contributed by atoms with E-state index >= 15 is 0 Å². The molecule has 0 bridgehead atoms. The third kappa shape index (κ3) is 9.42. The van der Waals surface area contributed by atoms with Crippen molar-refractivity contribution in [3.63, 3.8) is 0 Å². The van der Waals surface area contributed by atoms with Gasteiger partial charge in [-0.15, -0.1) is 0 Å². The van der Waals surface area contributed by atoms with Gasteiger partial charge in [-0.2, -0.15) is 9.97 Å². The normalized spacial score (nSPS) is 11.8. The van der Waals surface area contributed by atoms with Gasteiger partial charge in [-0.3, -0.25) is 0 Å². The number of amides is 2. The van der Waals surface area contributed by atoms with Gasteiger partial charge in [0, 0.05) is 11.1 Å². The fraction of sp³-hybridized carbons (Fsp3) is 0.452. The van der Waals surface area contributed by atoms with Gasteiger partial charge in [0.15, 0.2) is 11.6 Å². The molecule has 2 aromatic carbocycles. The number of methoxy groups -OCH3 is 1. The van der Waals surface area contributed by atoms with Gasteiger partial charge in [0.05, 0.1) is 18.7 Å². The van der Waals surface area contributed by atoms with E-state index in [1.165, 1.54) is 12.7 Å². The molecule has 0 saturated heterocycles. The average Bonchev–Trinajstić information content (AvgIpc) is 2.85. The molecule has 1 heterocycles. The minimum atomic E-state index is -0.826. The number of hydrogen-bond donors (Lipinski definition) is 0. The number of carbonyl (C=O) groups is 2. The maximum atomic E-state index is 13.0. The Balaban J connectivity index is 2.00. The topological polar surface area (TPSA) is 104 Å². The molecular formula is C31H39ClN4O5. The molecule has 3 rings (SSSR count). The Bertz CT molecular complexity index is 1350. The van der Waals surface area contributed by atoms with Crippen LogP contribution in [0.3, 0.4) is 0 Å². The van der Waals surface area contributed by atoms with Crippen molar-refractivity contribution >= 4 is 23.8 Å². The van der Waals surface area contributed by atoms with Crippen molar-refractivity contribution in [2.75, 3.05) is 7.11 Å². The van der Waals surface area contributed by atoms with E-state index in [-0.39, 0.29) is 18.4 Å². The number of hydrogen-bond acceptors (Lipinski definition) is 8. The molecular weight excluding hydrogens is 544 g/mol. The fourth-order valence-corrected chi connectivity index (χ4v) is 4.02. The van der Waals surface area contributed by atoms with Gasteiger partial charge in [0.1, 0.15) is 11.2 Å². The van der Waals surface area contributed by atoms with Crippen LogP contribution in [0.2, 0.25) is 5.02 Å². The summed E-state index contributed by atoms with van der Waals surface area (Å²) in [6, 6.07) is 13.3. The monoisotopic (exact) mass is 582 g/mol. The van der Waals surface area contributed by atoms with E-state index in [0.717, 1.165) is 16.9 Å². The smallest absolute Gasteiger partial charge is 0.420 e. The Labute approximate surface area is 247 Å². The van der Waals surface area contributed by atoms with Crippen LogP contribution < -0.4 is 4.74 Å². The SMILES string of the molecule is COc1nc(-c2ccc(CC(C)C)cc2)nc(-c2cc(CN(C(=O)OC(C)(C)C)C(=O)OC(C)(C)C)ccc2Cl)n1. The van der Waals surface area contributed by atoms with Crippen molar-refractivity contribution in [3.05, 3.63) is 58.6 Å². The van der Waals surface area contributed by atoms with E-state index in [2.05, 4.69) is 40.9 Å². The highest BCUT2D eigenvalue weighted by molar-refractivity contribution is 6.33. The standard InChI is InChI=1S/C31H39ClN4O5/c1-19(2)16-20-10-13-22(14-11-20)25-33-26(35-27(34-25)39-9)23-17-21(12-15-24(23)32)18-36(28(37)40-30(3,4)5)29(38)41-31(6,7)8/h10-15,17,19H,16,18H2,1-9H3. The second-order valence-corrected chi connectivity index (χ2v) is 12.5. The van der Waals surface area contributed by atoms with E-state index in [1.807, 2.05) is 12.1 Å². The van der Waals surface area contributed by atoms with Crippen LogP contribution in [-0.2, 0) is 22.4 Å². The van der Waals surface area contributed by atoms with Crippen molar-refractivity contribution in [1.29, 1.82) is 0 Å². The Morgan fingerprint density at radius 1 is 0.829 bits per heavy atom. The summed E-state index contributed by atoms with van der Waals surface area (Å²) in [5.74, 6) is 1.25. The van der Waals surface area contributed by atoms with E-state index in [0.29, 0.717) is 27.9 Å². The van der Waals surface area contributed by atoms with E-state index in [4.69, 9.17) is 25.8 Å². The van der Waals surface area contributed by atoms with Crippen LogP contribution >= 0.6 is 11.6 Å². The summed E-state index contributed by atoms with van der Waals surface area (Å²) in [6.07, 6.45) is -0.681. The van der Waals surface area contributed by atoms with E-state index < -0.39 is 23.4 Å². The summed E-state index contributed by atoms with van der Waals surface area (Å²) in [6.45, 7) is 14.6. The van der Waals surface area contributed by atoms with Crippen LogP contribution in [0, 0.1) is 5.92 Å². The van der Waals surface area contributed by atoms with Gasteiger partial charge in [0.25, 0.3) is 0 Å². The van der Waals surface area contributed by atoms with Crippen LogP contribution in [0.15, 0.2) is 42.5 Å². The third-order valence-electron chi connectivity index (χ3n) is 5.49. The first-order valence-electron chi connectivity index (χ1n) is 13.5. The van der Waals surface area contributed by atoms with Crippen LogP contribution in [0.5, 0.6) is 6.01 Å². The molecule has 0 spiro atoms. The first-order valence-corrected chi connectivity index (χ1v) is 13.8. The van der Waals surface area contributed by atoms with Gasteiger partial charge in [-0.05, 0) is 77.1 Å². The Hall–Kier alpha value is -3.72. The van der Waals surface area contributed by atoms with E-state index in [9.17, 15) is 9.59 Å². The largest absolute Gasteiger partial charge is 0.467 e. The van der Waals surface area contributed by atoms with Crippen LogP contribution in [0.1, 0.15) is 66.5 Å². The summed E-state index contributed by atoms with van der Waals surface area (Å²) in [5, 5.41) is 0.376. The summed E-state index contributed by atoms with van der Waals surface area (Å²) in [4.78, 5) is 40.5. The maximum absolute atomic E-state index is 13.0. The molecule has 220 valence electrons. The van der Waals surface area contributed by atoms with Crippen molar-refractivity contribution in [3.8, 4) is 28.8 Å². The molecule has 9 nitrogen and oxygen atoms in total. The van der Waals surface area contributed by atoms with Gasteiger partial charge in [0.2, 0.25) is 0 Å². The molecule has 0 atom stereocenters. The number of halogens is 1. The van der Waals surface area contributed by atoms with Crippen molar-refractivity contribution in [1.82, 2.24) is 19.9 Å². The summed E-state index contributed by atoms with van der Waals surface area (Å²) < 4.78 is 16.3. The molecule has 0 unspecified atom stereocenters. The van der Waals surface area contributed by atoms with Crippen LogP contribution in [0.25, 0.3) is 22.8 Å². The van der Waals surface area contributed by atoms with Gasteiger partial charge in [-0.25, -0.2) is 19.5 Å². The zero-order valence-corrected chi connectivity index (χ0v) is 26.0. The molecule has 0 saturated carbocycles. The van der Waals surface area contributed by atoms with Crippen LogP contribution in [0.4, 0.5) is 9.59 Å². The first kappa shape index (κ1) is 31.8. The molecule has 0 aliphatic carbocycles. The second-order valence-electron chi connectivity index (χ2n) is 12.1. The maximum Gasteiger partial charge on any atom is 0.420 e. The van der Waals surface area contributed by atoms with Gasteiger partial charge >= 0.3 is 18.2 Å². The van der Waals surface area contributed by atoms with Gasteiger partial charge < -0.3 is 14.2 Å². The number of nitrogens with zero attached hydrogens (tertiary/aromatic N) is 4. The molecule has 0 aliphatic rings. The van der Waals surface area contributed by atoms with Crippen molar-refractivity contribution < 1.29 is 23.8 Å². The highest BCUT2D eigenvalue weighted by Gasteiger charge is 2.31. The minimum absolute atomic E-state index is 0.125. The molecule has 3 aromatic rings. The lowest BCUT2D eigenvalue weighted by Gasteiger charge is -2.28. The molecule has 41 heavy (non-hydrogen) atoms. The number of imide groups is 1. The first-order chi connectivity index (χ1) is 19.0. The Kier molecular flexibility index (Phi) is 9.97. The van der Waals surface area contributed by atoms with Crippen molar-refractivity contribution in [2.45, 2.75) is 79.6 Å². The average molecular weight is 583 g/mol. The highest BCUT2D eigenvalue weighted by atomic mass is 35.5. The summed E-state index contributed by atoms with van der Waals surface area (Å²) in [7, 11) is 1.48. The molecule has 0 N–H and O–H groups in total. The number of carbonyl (C=O) groups excluding carboxylic acids is 2. The fourth-order valence-electron chi connectivity index (χ4n) is 3.82. The predicted octanol–water partition coefficient (Wildman–Crippen LogP) is 7.74. The predicted molar refractivity (Wildman–Crippen MR) is 159 cm³/mol. The number of rotatable bonds is 7. The molecule has 1 aromatic heterocycles. The summed E-state index contributed by atoms with van der Waals surface area (Å²) in [5.41, 5.74) is 1.46. The lowest BCUT2D eigenvalue weighted by Crippen LogP contribution is -2.43. The number of aromatic nitrogens is 3. The quantitative estimate of drug-likeness (QED) is 0.278. The highest BCUT2D eigenvalue weighted by Crippen LogP contribution is 2.30. The zero-order valence-electron chi connectivity index (χ0n) is 25.2. The van der Waals surface area contributed by atoms with Crippen LogP contribution in [-0.4, -0.2) is 50.4 Å². The minimum Gasteiger partial charge on any atom is -0.467 e. The molecule has 2 amide bonds. The number of benzene rings is 2. The third-order valence-corrected chi connectivity index (χ3v) is 5.82. The van der Waals surface area contributed by atoms with E-state index in [1.54, 1.807) is 59.7 Å². The number of ether oxygens (including phenoxy) is 3. The van der Waals surface area contributed by atoms with Gasteiger partial charge in [-0.1, -0.05) is 55.8 Å².